The largest absolute Gasteiger partial charge is 0.493 e. The lowest BCUT2D eigenvalue weighted by Crippen LogP contribution is -2.17. The predicted molar refractivity (Wildman–Crippen MR) is 112 cm³/mol. The Balaban J connectivity index is 2.08. The number of carbonyl (C=O) groups is 2. The molecule has 2 N–H and O–H groups in total. The van der Waals surface area contributed by atoms with Crippen LogP contribution in [-0.2, 0) is 4.79 Å². The summed E-state index contributed by atoms with van der Waals surface area (Å²) in [5, 5.41) is 5.69. The number of nitrogens with one attached hydrogen (secondary N) is 2. The molecule has 2 rings (SSSR count). The van der Waals surface area contributed by atoms with E-state index < -0.39 is 0 Å². The Hall–Kier alpha value is -2.34. The van der Waals surface area contributed by atoms with Gasteiger partial charge in [0.05, 0.1) is 12.2 Å². The molecule has 0 heterocycles. The Morgan fingerprint density at radius 2 is 1.67 bits per heavy atom. The number of hydrogen-bond donors (Lipinski definition) is 2. The van der Waals surface area contributed by atoms with Gasteiger partial charge in [0.25, 0.3) is 5.91 Å². The quantitative estimate of drug-likeness (QED) is 0.542. The second-order valence-corrected chi connectivity index (χ2v) is 7.43. The number of carbonyl (C=O) groups excluding carboxylic acids is 2. The summed E-state index contributed by atoms with van der Waals surface area (Å²) in [6.07, 6.45) is 1.96. The van der Waals surface area contributed by atoms with Gasteiger partial charge in [0, 0.05) is 21.8 Å². The molecule has 0 bridgehead atoms. The molecule has 0 unspecified atom stereocenters. The van der Waals surface area contributed by atoms with Gasteiger partial charge in [0.15, 0.2) is 0 Å². The van der Waals surface area contributed by atoms with Crippen molar-refractivity contribution in [2.24, 2.45) is 5.92 Å². The van der Waals surface area contributed by atoms with Gasteiger partial charge in [-0.3, -0.25) is 9.59 Å². The summed E-state index contributed by atoms with van der Waals surface area (Å²) in [5.41, 5.74) is 1.80. The van der Waals surface area contributed by atoms with Gasteiger partial charge < -0.3 is 15.4 Å². The van der Waals surface area contributed by atoms with Gasteiger partial charge in [-0.2, -0.15) is 0 Å². The van der Waals surface area contributed by atoms with Gasteiger partial charge in [-0.25, -0.2) is 0 Å². The molecule has 2 amide bonds. The lowest BCUT2D eigenvalue weighted by Gasteiger charge is -2.13. The first-order chi connectivity index (χ1) is 12.9. The van der Waals surface area contributed by atoms with Crippen LogP contribution >= 0.6 is 15.9 Å². The van der Waals surface area contributed by atoms with E-state index in [0.29, 0.717) is 29.3 Å². The first kappa shape index (κ1) is 21.0. The average molecular weight is 433 g/mol. The Bertz CT molecular complexity index is 789. The van der Waals surface area contributed by atoms with Crippen LogP contribution in [0.4, 0.5) is 11.4 Å². The molecular formula is C21H25BrN2O3. The van der Waals surface area contributed by atoms with Crippen molar-refractivity contribution in [1.29, 1.82) is 0 Å². The summed E-state index contributed by atoms with van der Waals surface area (Å²) in [6, 6.07) is 12.4. The van der Waals surface area contributed by atoms with Crippen molar-refractivity contribution in [3.8, 4) is 5.75 Å². The second-order valence-electron chi connectivity index (χ2n) is 6.52. The van der Waals surface area contributed by atoms with Crippen molar-refractivity contribution >= 4 is 39.1 Å². The lowest BCUT2D eigenvalue weighted by molar-refractivity contribution is -0.118. The molecular weight excluding hydrogens is 408 g/mol. The zero-order chi connectivity index (χ0) is 19.8. The van der Waals surface area contributed by atoms with Crippen molar-refractivity contribution in [2.75, 3.05) is 17.2 Å². The number of hydrogen-bond acceptors (Lipinski definition) is 3. The first-order valence-corrected chi connectivity index (χ1v) is 9.84. The minimum Gasteiger partial charge on any atom is -0.493 e. The second kappa shape index (κ2) is 10.1. The van der Waals surface area contributed by atoms with E-state index in [4.69, 9.17) is 4.74 Å². The molecule has 6 heteroatoms. The van der Waals surface area contributed by atoms with Crippen LogP contribution in [0.15, 0.2) is 46.9 Å². The van der Waals surface area contributed by atoms with E-state index in [9.17, 15) is 9.59 Å². The van der Waals surface area contributed by atoms with Gasteiger partial charge in [-0.1, -0.05) is 43.1 Å². The third-order valence-corrected chi connectivity index (χ3v) is 4.37. The van der Waals surface area contributed by atoms with Crippen LogP contribution < -0.4 is 15.4 Å². The highest BCUT2D eigenvalue weighted by Gasteiger charge is 2.14. The van der Waals surface area contributed by atoms with Gasteiger partial charge in [-0.15, -0.1) is 0 Å². The maximum atomic E-state index is 12.7. The number of ether oxygens (including phenoxy) is 1. The van der Waals surface area contributed by atoms with Crippen LogP contribution in [0.1, 0.15) is 44.0 Å². The van der Waals surface area contributed by atoms with E-state index in [0.717, 1.165) is 17.3 Å². The summed E-state index contributed by atoms with van der Waals surface area (Å²) in [5.74, 6) is 0.175. The molecule has 0 aliphatic rings. The van der Waals surface area contributed by atoms with E-state index in [1.54, 1.807) is 36.4 Å². The summed E-state index contributed by atoms with van der Waals surface area (Å²) < 4.78 is 6.56. The monoisotopic (exact) mass is 432 g/mol. The van der Waals surface area contributed by atoms with E-state index in [-0.39, 0.29) is 17.7 Å². The summed E-state index contributed by atoms with van der Waals surface area (Å²) in [4.78, 5) is 24.4. The van der Waals surface area contributed by atoms with E-state index in [1.807, 2.05) is 19.9 Å². The number of unbranched alkanes of at least 4 members (excludes halogenated alkanes) is 1. The third-order valence-electron chi connectivity index (χ3n) is 3.88. The Morgan fingerprint density at radius 1 is 1.04 bits per heavy atom. The standard InChI is InChI=1S/C21H25BrN2O3/c1-4-5-12-27-19-11-6-15(22)13-18(19)21(26)24-17-9-7-16(8-10-17)23-20(25)14(2)3/h6-11,13-14H,4-5,12H2,1-3H3,(H,23,25)(H,24,26). The average Bonchev–Trinajstić information content (AvgIpc) is 2.64. The Kier molecular flexibility index (Phi) is 7.85. The summed E-state index contributed by atoms with van der Waals surface area (Å²) >= 11 is 3.40. The number of halogens is 1. The third kappa shape index (κ3) is 6.40. The van der Waals surface area contributed by atoms with Crippen molar-refractivity contribution in [1.82, 2.24) is 0 Å². The van der Waals surface area contributed by atoms with Gasteiger partial charge in [0.1, 0.15) is 5.75 Å². The molecule has 0 aromatic heterocycles. The van der Waals surface area contributed by atoms with Crippen LogP contribution in [0.2, 0.25) is 0 Å². The van der Waals surface area contributed by atoms with E-state index in [2.05, 4.69) is 33.5 Å². The molecule has 0 aliphatic heterocycles. The molecule has 2 aromatic rings. The maximum absolute atomic E-state index is 12.7. The minimum absolute atomic E-state index is 0.0465. The normalized spacial score (nSPS) is 10.6. The summed E-state index contributed by atoms with van der Waals surface area (Å²) in [7, 11) is 0. The van der Waals surface area contributed by atoms with Gasteiger partial charge in [-0.05, 0) is 48.9 Å². The van der Waals surface area contributed by atoms with Crippen molar-refractivity contribution in [3.63, 3.8) is 0 Å². The number of anilines is 2. The molecule has 0 atom stereocenters. The van der Waals surface area contributed by atoms with Crippen molar-refractivity contribution in [2.45, 2.75) is 33.6 Å². The fraction of sp³-hybridized carbons (Fsp3) is 0.333. The maximum Gasteiger partial charge on any atom is 0.259 e. The molecule has 27 heavy (non-hydrogen) atoms. The number of amides is 2. The molecule has 0 aliphatic carbocycles. The van der Waals surface area contributed by atoms with Gasteiger partial charge in [0.2, 0.25) is 5.91 Å². The molecule has 0 fully saturated rings. The van der Waals surface area contributed by atoms with Crippen molar-refractivity contribution < 1.29 is 14.3 Å². The molecule has 0 saturated heterocycles. The number of rotatable bonds is 8. The van der Waals surface area contributed by atoms with Crippen molar-refractivity contribution in [3.05, 3.63) is 52.5 Å². The zero-order valence-corrected chi connectivity index (χ0v) is 17.4. The minimum atomic E-state index is -0.248. The molecule has 2 aromatic carbocycles. The van der Waals surface area contributed by atoms with Gasteiger partial charge >= 0.3 is 0 Å². The zero-order valence-electron chi connectivity index (χ0n) is 15.8. The molecule has 0 radical (unpaired) electrons. The highest BCUT2D eigenvalue weighted by atomic mass is 79.9. The van der Waals surface area contributed by atoms with Crippen LogP contribution in [0.25, 0.3) is 0 Å². The smallest absolute Gasteiger partial charge is 0.259 e. The van der Waals surface area contributed by atoms with Crippen LogP contribution in [0, 0.1) is 5.92 Å². The highest BCUT2D eigenvalue weighted by Crippen LogP contribution is 2.25. The SMILES string of the molecule is CCCCOc1ccc(Br)cc1C(=O)Nc1ccc(NC(=O)C(C)C)cc1. The van der Waals surface area contributed by atoms with Crippen LogP contribution in [-0.4, -0.2) is 18.4 Å². The number of benzene rings is 2. The summed E-state index contributed by atoms with van der Waals surface area (Å²) in [6.45, 7) is 6.33. The van der Waals surface area contributed by atoms with Crippen LogP contribution in [0.5, 0.6) is 5.75 Å². The topological polar surface area (TPSA) is 67.4 Å². The molecule has 5 nitrogen and oxygen atoms in total. The predicted octanol–water partition coefficient (Wildman–Crippen LogP) is 5.47. The molecule has 0 saturated carbocycles. The fourth-order valence-electron chi connectivity index (χ4n) is 2.25. The fourth-order valence-corrected chi connectivity index (χ4v) is 2.61. The Morgan fingerprint density at radius 3 is 2.26 bits per heavy atom. The Labute approximate surface area is 168 Å². The van der Waals surface area contributed by atoms with E-state index in [1.165, 1.54) is 0 Å². The molecule has 144 valence electrons. The lowest BCUT2D eigenvalue weighted by atomic mass is 10.1. The highest BCUT2D eigenvalue weighted by molar-refractivity contribution is 9.10. The first-order valence-electron chi connectivity index (χ1n) is 9.05. The van der Waals surface area contributed by atoms with E-state index >= 15 is 0 Å². The van der Waals surface area contributed by atoms with Crippen LogP contribution in [0.3, 0.4) is 0 Å². The molecule has 0 spiro atoms.